The molecule has 1 amide bonds. The van der Waals surface area contributed by atoms with Crippen LogP contribution >= 0.6 is 11.3 Å². The van der Waals surface area contributed by atoms with Crippen LogP contribution in [-0.2, 0) is 4.79 Å². The van der Waals surface area contributed by atoms with E-state index in [4.69, 9.17) is 0 Å². The molecule has 1 aromatic heterocycles. The van der Waals surface area contributed by atoms with Crippen molar-refractivity contribution in [3.05, 3.63) is 21.9 Å². The quantitative estimate of drug-likeness (QED) is 0.511. The molecular weight excluding hydrogens is 434 g/mol. The summed E-state index contributed by atoms with van der Waals surface area (Å²) in [6, 6.07) is 1.94. The molecule has 0 aromatic carbocycles. The summed E-state index contributed by atoms with van der Waals surface area (Å²) in [5, 5.41) is 20.1. The van der Waals surface area contributed by atoms with E-state index in [1.807, 2.05) is 11.0 Å². The number of carboxylic acids is 1. The molecule has 1 aromatic rings. The molecule has 33 heavy (non-hydrogen) atoms. The summed E-state index contributed by atoms with van der Waals surface area (Å²) in [6.45, 7) is 6.78. The van der Waals surface area contributed by atoms with E-state index >= 15 is 0 Å². The molecular formula is C27H39NO4S. The number of allylic oxidation sites excluding steroid dienone is 2. The molecule has 6 heteroatoms. The second-order valence-corrected chi connectivity index (χ2v) is 12.4. The fraction of sp³-hybridized carbons (Fsp3) is 0.704. The highest BCUT2D eigenvalue weighted by Gasteiger charge is 2.37. The SMILES string of the molecule is CC1(C)CC=C(c2cc(N(C(=O)[C@H]3CC[C@H](C)CC3)[C@H]3CC[C@H](O)CC3)c(C(=O)O)s2)CC1. The molecule has 2 saturated carbocycles. The second-order valence-electron chi connectivity index (χ2n) is 11.4. The molecule has 0 radical (unpaired) electrons. The highest BCUT2D eigenvalue weighted by atomic mass is 32.1. The van der Waals surface area contributed by atoms with E-state index in [0.29, 0.717) is 24.4 Å². The molecule has 0 unspecified atom stereocenters. The third-order valence-corrected chi connectivity index (χ3v) is 9.28. The van der Waals surface area contributed by atoms with Crippen molar-refractivity contribution in [3.8, 4) is 0 Å². The van der Waals surface area contributed by atoms with E-state index < -0.39 is 5.97 Å². The Morgan fingerprint density at radius 2 is 1.73 bits per heavy atom. The molecule has 4 rings (SSSR count). The third-order valence-electron chi connectivity index (χ3n) is 8.09. The highest BCUT2D eigenvalue weighted by molar-refractivity contribution is 7.15. The molecule has 0 atom stereocenters. The summed E-state index contributed by atoms with van der Waals surface area (Å²) in [5.74, 6) is -0.248. The van der Waals surface area contributed by atoms with E-state index in [0.717, 1.165) is 62.7 Å². The van der Waals surface area contributed by atoms with Crippen molar-refractivity contribution in [3.63, 3.8) is 0 Å². The summed E-state index contributed by atoms with van der Waals surface area (Å²) in [5.41, 5.74) is 2.08. The second kappa shape index (κ2) is 9.91. The summed E-state index contributed by atoms with van der Waals surface area (Å²) < 4.78 is 0. The van der Waals surface area contributed by atoms with Crippen molar-refractivity contribution in [1.29, 1.82) is 0 Å². The number of aliphatic hydroxyl groups excluding tert-OH is 1. The van der Waals surface area contributed by atoms with Gasteiger partial charge >= 0.3 is 5.97 Å². The number of aromatic carboxylic acids is 1. The van der Waals surface area contributed by atoms with Gasteiger partial charge in [-0.3, -0.25) is 4.79 Å². The number of amides is 1. The number of carbonyl (C=O) groups excluding carboxylic acids is 1. The number of hydrogen-bond donors (Lipinski definition) is 2. The van der Waals surface area contributed by atoms with Crippen molar-refractivity contribution >= 4 is 34.5 Å². The zero-order valence-corrected chi connectivity index (χ0v) is 21.1. The van der Waals surface area contributed by atoms with Crippen molar-refractivity contribution in [2.24, 2.45) is 17.3 Å². The van der Waals surface area contributed by atoms with Crippen molar-refractivity contribution in [1.82, 2.24) is 0 Å². The molecule has 2 N–H and O–H groups in total. The average Bonchev–Trinajstić information content (AvgIpc) is 3.21. The van der Waals surface area contributed by atoms with Crippen LogP contribution in [0.15, 0.2) is 12.1 Å². The minimum Gasteiger partial charge on any atom is -0.477 e. The van der Waals surface area contributed by atoms with Gasteiger partial charge in [-0.1, -0.05) is 26.8 Å². The van der Waals surface area contributed by atoms with E-state index in [2.05, 4.69) is 26.8 Å². The zero-order valence-electron chi connectivity index (χ0n) is 20.3. The Balaban J connectivity index is 1.69. The Hall–Kier alpha value is -1.66. The summed E-state index contributed by atoms with van der Waals surface area (Å²) in [4.78, 5) is 29.3. The van der Waals surface area contributed by atoms with Crippen LogP contribution in [0, 0.1) is 17.3 Å². The van der Waals surface area contributed by atoms with E-state index in [9.17, 15) is 19.8 Å². The maximum Gasteiger partial charge on any atom is 0.348 e. The van der Waals surface area contributed by atoms with Crippen LogP contribution in [0.3, 0.4) is 0 Å². The first-order valence-corrected chi connectivity index (χ1v) is 13.5. The van der Waals surface area contributed by atoms with Gasteiger partial charge < -0.3 is 15.1 Å². The molecule has 5 nitrogen and oxygen atoms in total. The first-order valence-electron chi connectivity index (χ1n) is 12.7. The first kappa shape index (κ1) is 24.5. The van der Waals surface area contributed by atoms with Gasteiger partial charge in [-0.2, -0.15) is 0 Å². The standard InChI is InChI=1S/C27H39NO4S/c1-17-4-6-19(7-5-17)25(30)28(20-8-10-21(29)11-9-20)22-16-23(33-24(22)26(31)32)18-12-14-27(2,3)15-13-18/h12,16-17,19-21,29H,4-11,13-15H2,1-3H3,(H,31,32)/t17-,19-,20-,21-. The Kier molecular flexibility index (Phi) is 7.35. The maximum absolute atomic E-state index is 13.9. The Morgan fingerprint density at radius 1 is 1.06 bits per heavy atom. The number of anilines is 1. The topological polar surface area (TPSA) is 77.8 Å². The highest BCUT2D eigenvalue weighted by Crippen LogP contribution is 2.44. The Labute approximate surface area is 201 Å². The molecule has 0 saturated heterocycles. The van der Waals surface area contributed by atoms with Gasteiger partial charge in [0.05, 0.1) is 11.8 Å². The number of carbonyl (C=O) groups is 2. The zero-order chi connectivity index (χ0) is 23.8. The molecule has 3 aliphatic carbocycles. The lowest BCUT2D eigenvalue weighted by molar-refractivity contribution is -0.124. The van der Waals surface area contributed by atoms with Crippen LogP contribution in [-0.4, -0.2) is 34.2 Å². The lowest BCUT2D eigenvalue weighted by Crippen LogP contribution is -2.47. The van der Waals surface area contributed by atoms with Gasteiger partial charge in [-0.25, -0.2) is 4.79 Å². The first-order chi connectivity index (χ1) is 15.6. The average molecular weight is 474 g/mol. The molecule has 182 valence electrons. The van der Waals surface area contributed by atoms with Gasteiger partial charge in [0.2, 0.25) is 5.91 Å². The molecule has 2 fully saturated rings. The number of thiophene rings is 1. The monoisotopic (exact) mass is 473 g/mol. The molecule has 0 aliphatic heterocycles. The summed E-state index contributed by atoms with van der Waals surface area (Å²) in [7, 11) is 0. The van der Waals surface area contributed by atoms with Crippen LogP contribution < -0.4 is 4.90 Å². The molecule has 3 aliphatic rings. The summed E-state index contributed by atoms with van der Waals surface area (Å²) in [6.07, 6.45) is 11.6. The predicted octanol–water partition coefficient (Wildman–Crippen LogP) is 6.50. The summed E-state index contributed by atoms with van der Waals surface area (Å²) >= 11 is 1.32. The van der Waals surface area contributed by atoms with Gasteiger partial charge in [0, 0.05) is 16.8 Å². The molecule has 1 heterocycles. The van der Waals surface area contributed by atoms with Gasteiger partial charge in [0.25, 0.3) is 0 Å². The number of aliphatic hydroxyl groups is 1. The van der Waals surface area contributed by atoms with Crippen LogP contribution in [0.4, 0.5) is 5.69 Å². The van der Waals surface area contributed by atoms with Crippen LogP contribution in [0.25, 0.3) is 5.57 Å². The van der Waals surface area contributed by atoms with Crippen molar-refractivity contribution < 1.29 is 19.8 Å². The maximum atomic E-state index is 13.9. The largest absolute Gasteiger partial charge is 0.477 e. The molecule has 0 spiro atoms. The van der Waals surface area contributed by atoms with E-state index in [1.165, 1.54) is 16.9 Å². The number of nitrogens with zero attached hydrogens (tertiary/aromatic N) is 1. The number of hydrogen-bond acceptors (Lipinski definition) is 4. The van der Waals surface area contributed by atoms with Gasteiger partial charge in [0.1, 0.15) is 4.88 Å². The smallest absolute Gasteiger partial charge is 0.348 e. The predicted molar refractivity (Wildman–Crippen MR) is 134 cm³/mol. The van der Waals surface area contributed by atoms with Crippen molar-refractivity contribution in [2.75, 3.05) is 4.90 Å². The Morgan fingerprint density at radius 3 is 2.30 bits per heavy atom. The van der Waals surface area contributed by atoms with Gasteiger partial charge in [-0.05, 0) is 93.6 Å². The lowest BCUT2D eigenvalue weighted by Gasteiger charge is -2.38. The van der Waals surface area contributed by atoms with E-state index in [-0.39, 0.29) is 34.3 Å². The molecule has 0 bridgehead atoms. The number of rotatable bonds is 5. The normalized spacial score (nSPS) is 29.9. The van der Waals surface area contributed by atoms with Crippen LogP contribution in [0.1, 0.15) is 106 Å². The van der Waals surface area contributed by atoms with Gasteiger partial charge in [0.15, 0.2) is 0 Å². The number of carboxylic acid groups (broad SMARTS) is 1. The van der Waals surface area contributed by atoms with Crippen LogP contribution in [0.2, 0.25) is 0 Å². The van der Waals surface area contributed by atoms with Crippen molar-refractivity contribution in [2.45, 2.75) is 104 Å². The van der Waals surface area contributed by atoms with Crippen LogP contribution in [0.5, 0.6) is 0 Å². The van der Waals surface area contributed by atoms with Gasteiger partial charge in [-0.15, -0.1) is 11.3 Å². The fourth-order valence-electron chi connectivity index (χ4n) is 5.69. The minimum absolute atomic E-state index is 0.0345. The third kappa shape index (κ3) is 5.54. The van der Waals surface area contributed by atoms with E-state index in [1.54, 1.807) is 0 Å². The fourth-order valence-corrected chi connectivity index (χ4v) is 6.74. The Bertz CT molecular complexity index is 901. The minimum atomic E-state index is -0.955. The lowest BCUT2D eigenvalue weighted by atomic mass is 9.78.